The maximum Gasteiger partial charge on any atom is 0.140 e. The summed E-state index contributed by atoms with van der Waals surface area (Å²) < 4.78 is 12.3. The van der Waals surface area contributed by atoms with Gasteiger partial charge in [0.25, 0.3) is 0 Å². The van der Waals surface area contributed by atoms with E-state index >= 15 is 0 Å². The molecule has 4 nitrogen and oxygen atoms in total. The van der Waals surface area contributed by atoms with Gasteiger partial charge in [0.2, 0.25) is 0 Å². The third kappa shape index (κ3) is 4.73. The highest BCUT2D eigenvalue weighted by molar-refractivity contribution is 5.94. The van der Waals surface area contributed by atoms with Crippen molar-refractivity contribution in [1.29, 1.82) is 0 Å². The maximum absolute atomic E-state index is 6.59. The first-order valence-corrected chi connectivity index (χ1v) is 13.2. The third-order valence-corrected chi connectivity index (χ3v) is 6.99. The molecule has 0 aliphatic carbocycles. The van der Waals surface area contributed by atoms with Crippen LogP contribution in [0.2, 0.25) is 0 Å². The van der Waals surface area contributed by atoms with Crippen molar-refractivity contribution in [3.05, 3.63) is 137 Å². The van der Waals surface area contributed by atoms with Crippen LogP contribution in [0.4, 0.5) is 0 Å². The van der Waals surface area contributed by atoms with Crippen LogP contribution in [0.15, 0.2) is 120 Å². The first kappa shape index (κ1) is 23.8. The Labute approximate surface area is 223 Å². The van der Waals surface area contributed by atoms with Gasteiger partial charge in [0.1, 0.15) is 17.3 Å². The van der Waals surface area contributed by atoms with Crippen LogP contribution in [-0.2, 0) is 6.42 Å². The minimum absolute atomic E-state index is 0.0135. The predicted octanol–water partition coefficient (Wildman–Crippen LogP) is 7.82. The minimum Gasteiger partial charge on any atom is -0.494 e. The molecule has 1 atom stereocenters. The first-order valence-electron chi connectivity index (χ1n) is 13.2. The highest BCUT2D eigenvalue weighted by Crippen LogP contribution is 2.45. The van der Waals surface area contributed by atoms with E-state index in [0.29, 0.717) is 13.2 Å². The first-order chi connectivity index (χ1) is 18.8. The summed E-state index contributed by atoms with van der Waals surface area (Å²) >= 11 is 0. The molecule has 188 valence electrons. The Balaban J connectivity index is 1.39. The molecule has 0 fully saturated rings. The Bertz CT molecular complexity index is 1600. The van der Waals surface area contributed by atoms with Crippen LogP contribution < -0.4 is 9.47 Å². The fourth-order valence-electron chi connectivity index (χ4n) is 5.20. The van der Waals surface area contributed by atoms with Crippen LogP contribution >= 0.6 is 0 Å². The Morgan fingerprint density at radius 3 is 2.47 bits per heavy atom. The molecule has 5 aromatic rings. The van der Waals surface area contributed by atoms with E-state index in [4.69, 9.17) is 14.5 Å². The quantitative estimate of drug-likeness (QED) is 0.222. The zero-order valence-corrected chi connectivity index (χ0v) is 21.4. The summed E-state index contributed by atoms with van der Waals surface area (Å²) in [6.07, 6.45) is 4.98. The lowest BCUT2D eigenvalue weighted by atomic mass is 9.81. The molecule has 1 aliphatic heterocycles. The molecular formula is C34H30N2O2. The molecule has 1 aliphatic rings. The molecule has 2 heterocycles. The van der Waals surface area contributed by atoms with Crippen molar-refractivity contribution in [2.45, 2.75) is 19.3 Å². The molecule has 0 radical (unpaired) electrons. The maximum atomic E-state index is 6.59. The normalized spacial score (nSPS) is 15.0. The molecule has 0 amide bonds. The molecule has 38 heavy (non-hydrogen) atoms. The van der Waals surface area contributed by atoms with Crippen molar-refractivity contribution in [2.24, 2.45) is 4.99 Å². The molecule has 6 rings (SSSR count). The fourth-order valence-corrected chi connectivity index (χ4v) is 5.20. The van der Waals surface area contributed by atoms with Crippen molar-refractivity contribution in [1.82, 2.24) is 4.98 Å². The lowest BCUT2D eigenvalue weighted by molar-refractivity contribution is 0.340. The molecular weight excluding hydrogens is 468 g/mol. The molecule has 0 unspecified atom stereocenters. The molecule has 1 aromatic heterocycles. The van der Waals surface area contributed by atoms with Gasteiger partial charge in [0.05, 0.1) is 6.61 Å². The Hall–Kier alpha value is -4.57. The van der Waals surface area contributed by atoms with Gasteiger partial charge in [-0.25, -0.2) is 0 Å². The number of para-hydroxylation sites is 2. The van der Waals surface area contributed by atoms with E-state index in [1.54, 1.807) is 0 Å². The van der Waals surface area contributed by atoms with Gasteiger partial charge in [-0.15, -0.1) is 0 Å². The molecule has 0 saturated heterocycles. The smallest absolute Gasteiger partial charge is 0.140 e. The molecule has 0 saturated carbocycles. The van der Waals surface area contributed by atoms with E-state index in [2.05, 4.69) is 90.0 Å². The summed E-state index contributed by atoms with van der Waals surface area (Å²) in [5, 5.41) is 1.26. The van der Waals surface area contributed by atoms with Crippen LogP contribution in [0.25, 0.3) is 16.7 Å². The van der Waals surface area contributed by atoms with Gasteiger partial charge >= 0.3 is 0 Å². The Morgan fingerprint density at radius 1 is 0.868 bits per heavy atom. The van der Waals surface area contributed by atoms with E-state index in [0.717, 1.165) is 45.9 Å². The number of H-pyrrole nitrogens is 1. The van der Waals surface area contributed by atoms with Gasteiger partial charge in [0.15, 0.2) is 0 Å². The standard InChI is InChI=1S/C34H30N2O2/c1-2-37-27-18-16-25(17-19-27)34-30(23-35-21-20-26-22-36-31-14-8-6-12-28(26)31)33(24-10-4-3-5-11-24)29-13-7-9-15-32(29)38-34/h3-19,22-23,33,36H,2,20-21H2,1H3/t33-/m0/s1. The summed E-state index contributed by atoms with van der Waals surface area (Å²) in [5.41, 5.74) is 6.85. The number of nitrogens with zero attached hydrogens (tertiary/aromatic N) is 1. The molecule has 0 bridgehead atoms. The number of nitrogens with one attached hydrogen (secondary N) is 1. The SMILES string of the molecule is CCOc1ccc(C2=C(C=NCCc3c[nH]c4ccccc34)[C@@H](c3ccccc3)c3ccccc3O2)cc1. The van der Waals surface area contributed by atoms with Crippen molar-refractivity contribution < 1.29 is 9.47 Å². The van der Waals surface area contributed by atoms with Crippen LogP contribution in [0.3, 0.4) is 0 Å². The summed E-state index contributed by atoms with van der Waals surface area (Å²) in [5.74, 6) is 2.57. The van der Waals surface area contributed by atoms with Crippen molar-refractivity contribution in [3.8, 4) is 11.5 Å². The van der Waals surface area contributed by atoms with E-state index in [-0.39, 0.29) is 5.92 Å². The van der Waals surface area contributed by atoms with Crippen LogP contribution in [0, 0.1) is 0 Å². The summed E-state index contributed by atoms with van der Waals surface area (Å²) in [4.78, 5) is 8.32. The number of allylic oxidation sites excluding steroid dienone is 1. The summed E-state index contributed by atoms with van der Waals surface area (Å²) in [6, 6.07) is 35.4. The van der Waals surface area contributed by atoms with Gasteiger partial charge in [-0.3, -0.25) is 4.99 Å². The monoisotopic (exact) mass is 498 g/mol. The summed E-state index contributed by atoms with van der Waals surface area (Å²) in [6.45, 7) is 3.31. The summed E-state index contributed by atoms with van der Waals surface area (Å²) in [7, 11) is 0. The average molecular weight is 499 g/mol. The number of benzene rings is 4. The number of ether oxygens (including phenoxy) is 2. The van der Waals surface area contributed by atoms with E-state index in [1.807, 2.05) is 37.4 Å². The number of hydrogen-bond acceptors (Lipinski definition) is 3. The molecule has 1 N–H and O–H groups in total. The number of aromatic amines is 1. The van der Waals surface area contributed by atoms with Crippen molar-refractivity contribution in [2.75, 3.05) is 13.2 Å². The van der Waals surface area contributed by atoms with Gasteiger partial charge in [0, 0.05) is 52.5 Å². The number of aromatic nitrogens is 1. The Morgan fingerprint density at radius 2 is 1.63 bits per heavy atom. The highest BCUT2D eigenvalue weighted by Gasteiger charge is 2.30. The molecule has 4 heteroatoms. The topological polar surface area (TPSA) is 46.6 Å². The highest BCUT2D eigenvalue weighted by atomic mass is 16.5. The predicted molar refractivity (Wildman–Crippen MR) is 155 cm³/mol. The van der Waals surface area contributed by atoms with E-state index in [1.165, 1.54) is 16.5 Å². The second-order valence-corrected chi connectivity index (χ2v) is 9.37. The van der Waals surface area contributed by atoms with E-state index in [9.17, 15) is 0 Å². The zero-order valence-electron chi connectivity index (χ0n) is 21.4. The molecule has 0 spiro atoms. The average Bonchev–Trinajstić information content (AvgIpc) is 3.39. The number of aliphatic imine (C=N–C) groups is 1. The lowest BCUT2D eigenvalue weighted by Crippen LogP contribution is -2.17. The van der Waals surface area contributed by atoms with Crippen LogP contribution in [0.1, 0.15) is 35.1 Å². The van der Waals surface area contributed by atoms with Crippen LogP contribution in [-0.4, -0.2) is 24.4 Å². The second kappa shape index (κ2) is 10.8. The fraction of sp³-hybridized carbons (Fsp3) is 0.147. The minimum atomic E-state index is 0.0135. The number of rotatable bonds is 8. The third-order valence-electron chi connectivity index (χ3n) is 6.99. The second-order valence-electron chi connectivity index (χ2n) is 9.37. The number of hydrogen-bond donors (Lipinski definition) is 1. The molecule has 4 aromatic carbocycles. The van der Waals surface area contributed by atoms with Gasteiger partial charge in [-0.05, 0) is 60.9 Å². The van der Waals surface area contributed by atoms with Crippen molar-refractivity contribution >= 4 is 22.9 Å². The van der Waals surface area contributed by atoms with E-state index < -0.39 is 0 Å². The van der Waals surface area contributed by atoms with Gasteiger partial charge < -0.3 is 14.5 Å². The Kier molecular flexibility index (Phi) is 6.77. The largest absolute Gasteiger partial charge is 0.494 e. The zero-order chi connectivity index (χ0) is 25.7. The van der Waals surface area contributed by atoms with Gasteiger partial charge in [-0.1, -0.05) is 66.7 Å². The van der Waals surface area contributed by atoms with Gasteiger partial charge in [-0.2, -0.15) is 0 Å². The number of fused-ring (bicyclic) bond motifs is 2. The van der Waals surface area contributed by atoms with Crippen LogP contribution in [0.5, 0.6) is 11.5 Å². The lowest BCUT2D eigenvalue weighted by Gasteiger charge is -2.30. The van der Waals surface area contributed by atoms with Crippen molar-refractivity contribution in [3.63, 3.8) is 0 Å².